The Morgan fingerprint density at radius 2 is 2.26 bits per heavy atom. The number of hydrogen-bond donors (Lipinski definition) is 1. The lowest BCUT2D eigenvalue weighted by Crippen LogP contribution is -2.54. The van der Waals surface area contributed by atoms with Crippen LogP contribution in [0.1, 0.15) is 38.5 Å². The Kier molecular flexibility index (Phi) is 4.06. The van der Waals surface area contributed by atoms with Gasteiger partial charge in [0.15, 0.2) is 0 Å². The molecule has 0 aromatic carbocycles. The first-order valence-electron chi connectivity index (χ1n) is 6.36. The number of rotatable bonds is 2. The minimum absolute atomic E-state index is 0.168. The van der Waals surface area contributed by atoms with Crippen molar-refractivity contribution in [2.75, 3.05) is 7.05 Å². The van der Waals surface area contributed by atoms with Crippen LogP contribution < -0.4 is 5.32 Å². The Morgan fingerprint density at radius 3 is 2.74 bits per heavy atom. The average molecular weight is 343 g/mol. The second-order valence-corrected chi connectivity index (χ2v) is 6.99. The number of allylic oxidation sites excluding steroid dienone is 1. The van der Waals surface area contributed by atoms with Crippen LogP contribution in [0.5, 0.6) is 0 Å². The van der Waals surface area contributed by atoms with E-state index in [1.807, 2.05) is 20.9 Å². The molecule has 19 heavy (non-hydrogen) atoms. The number of nitrogens with one attached hydrogen (secondary N) is 1. The predicted molar refractivity (Wildman–Crippen MR) is 82.9 cm³/mol. The maximum absolute atomic E-state index is 12.3. The van der Waals surface area contributed by atoms with Crippen molar-refractivity contribution in [3.8, 4) is 0 Å². The number of carbonyl (C=O) groups is 1. The summed E-state index contributed by atoms with van der Waals surface area (Å²) in [7, 11) is 1.83. The van der Waals surface area contributed by atoms with E-state index in [0.717, 1.165) is 22.3 Å². The van der Waals surface area contributed by atoms with Gasteiger partial charge >= 0.3 is 0 Å². The molecule has 1 aromatic heterocycles. The third kappa shape index (κ3) is 2.58. The lowest BCUT2D eigenvalue weighted by atomic mass is 9.87. The van der Waals surface area contributed by atoms with Gasteiger partial charge in [-0.2, -0.15) is 0 Å². The highest BCUT2D eigenvalue weighted by Gasteiger charge is 2.41. The van der Waals surface area contributed by atoms with Crippen LogP contribution in [0.3, 0.4) is 0 Å². The zero-order valence-corrected chi connectivity index (χ0v) is 14.1. The second kappa shape index (κ2) is 5.29. The highest BCUT2D eigenvalue weighted by Crippen LogP contribution is 2.39. The van der Waals surface area contributed by atoms with Crippen molar-refractivity contribution in [1.29, 1.82) is 0 Å². The van der Waals surface area contributed by atoms with Crippen molar-refractivity contribution in [3.63, 3.8) is 0 Å². The number of amides is 1. The molecule has 1 amide bonds. The molecule has 104 valence electrons. The van der Waals surface area contributed by atoms with Crippen LogP contribution in [-0.2, 0) is 10.3 Å². The van der Waals surface area contributed by atoms with E-state index in [2.05, 4.69) is 39.6 Å². The molecule has 0 saturated carbocycles. The minimum Gasteiger partial charge on any atom is -0.361 e. The third-order valence-electron chi connectivity index (χ3n) is 3.64. The largest absolute Gasteiger partial charge is 0.361 e. The van der Waals surface area contributed by atoms with E-state index in [9.17, 15) is 4.79 Å². The summed E-state index contributed by atoms with van der Waals surface area (Å²) in [4.78, 5) is 15.2. The van der Waals surface area contributed by atoms with E-state index in [0.29, 0.717) is 6.42 Å². The lowest BCUT2D eigenvalue weighted by molar-refractivity contribution is -0.132. The molecular weight excluding hydrogens is 324 g/mol. The first-order chi connectivity index (χ1) is 8.89. The van der Waals surface area contributed by atoms with E-state index >= 15 is 0 Å². The number of nitrogens with zero attached hydrogens (tertiary/aromatic N) is 1. The van der Waals surface area contributed by atoms with Crippen LogP contribution in [0.25, 0.3) is 0 Å². The molecule has 1 atom stereocenters. The summed E-state index contributed by atoms with van der Waals surface area (Å²) in [6.07, 6.45) is 1.39. The van der Waals surface area contributed by atoms with Gasteiger partial charge in [0.25, 0.3) is 0 Å². The van der Waals surface area contributed by atoms with Gasteiger partial charge in [0.1, 0.15) is 5.82 Å². The summed E-state index contributed by atoms with van der Waals surface area (Å²) in [5.41, 5.74) is 0.858. The number of hydrogen-bond acceptors (Lipinski definition) is 3. The highest BCUT2D eigenvalue weighted by molar-refractivity contribution is 9.10. The molecule has 1 N–H and O–H groups in total. The van der Waals surface area contributed by atoms with Crippen molar-refractivity contribution >= 4 is 33.2 Å². The minimum atomic E-state index is -0.271. The van der Waals surface area contributed by atoms with Crippen LogP contribution in [0.2, 0.25) is 0 Å². The SMILES string of the molecule is CCC1(c2cc(Br)cs2)CC(=O)N(C)C(=C(C)C)N1. The van der Waals surface area contributed by atoms with Crippen LogP contribution in [0.4, 0.5) is 0 Å². The topological polar surface area (TPSA) is 32.3 Å². The van der Waals surface area contributed by atoms with Crippen molar-refractivity contribution in [2.45, 2.75) is 39.2 Å². The molecule has 1 aliphatic heterocycles. The van der Waals surface area contributed by atoms with Gasteiger partial charge in [-0.3, -0.25) is 4.79 Å². The Bertz CT molecular complexity index is 533. The number of halogens is 1. The summed E-state index contributed by atoms with van der Waals surface area (Å²) >= 11 is 5.19. The summed E-state index contributed by atoms with van der Waals surface area (Å²) in [6.45, 7) is 6.19. The zero-order valence-electron chi connectivity index (χ0n) is 11.7. The molecular formula is C14H19BrN2OS. The van der Waals surface area contributed by atoms with Crippen molar-refractivity contribution < 1.29 is 4.79 Å². The van der Waals surface area contributed by atoms with E-state index in [4.69, 9.17) is 0 Å². The van der Waals surface area contributed by atoms with E-state index in [-0.39, 0.29) is 11.4 Å². The van der Waals surface area contributed by atoms with Gasteiger partial charge in [0, 0.05) is 21.8 Å². The molecule has 3 nitrogen and oxygen atoms in total. The maximum atomic E-state index is 12.3. The average Bonchev–Trinajstić information content (AvgIpc) is 2.79. The molecule has 0 bridgehead atoms. The van der Waals surface area contributed by atoms with Crippen molar-refractivity contribution in [3.05, 3.63) is 32.2 Å². The van der Waals surface area contributed by atoms with Crippen molar-refractivity contribution in [1.82, 2.24) is 10.2 Å². The van der Waals surface area contributed by atoms with E-state index in [1.165, 1.54) is 4.88 Å². The number of carbonyl (C=O) groups excluding carboxylic acids is 1. The zero-order chi connectivity index (χ0) is 14.2. The second-order valence-electron chi connectivity index (χ2n) is 5.17. The normalized spacial score (nSPS) is 23.5. The van der Waals surface area contributed by atoms with Crippen LogP contribution >= 0.6 is 27.3 Å². The van der Waals surface area contributed by atoms with Gasteiger partial charge in [-0.05, 0) is 47.8 Å². The van der Waals surface area contributed by atoms with Crippen molar-refractivity contribution in [2.24, 2.45) is 0 Å². The summed E-state index contributed by atoms with van der Waals surface area (Å²) in [5, 5.41) is 5.67. The van der Waals surface area contributed by atoms with E-state index < -0.39 is 0 Å². The van der Waals surface area contributed by atoms with Gasteiger partial charge < -0.3 is 10.2 Å². The van der Waals surface area contributed by atoms with E-state index in [1.54, 1.807) is 16.2 Å². The molecule has 1 aliphatic rings. The Labute approximate surface area is 126 Å². The summed E-state index contributed by atoms with van der Waals surface area (Å²) in [6, 6.07) is 2.11. The first kappa shape index (κ1) is 14.6. The standard InChI is InChI=1S/C14H19BrN2OS/c1-5-14(11-6-10(15)8-19-11)7-12(18)17(4)13(16-14)9(2)3/h6,8,16H,5,7H2,1-4H3. The molecule has 1 saturated heterocycles. The van der Waals surface area contributed by atoms with Crippen LogP contribution in [0.15, 0.2) is 27.3 Å². The summed E-state index contributed by atoms with van der Waals surface area (Å²) < 4.78 is 1.08. The predicted octanol–water partition coefficient (Wildman–Crippen LogP) is 3.82. The molecule has 2 heterocycles. The fourth-order valence-corrected chi connectivity index (χ4v) is 4.07. The van der Waals surface area contributed by atoms with Gasteiger partial charge in [-0.15, -0.1) is 11.3 Å². The molecule has 0 spiro atoms. The van der Waals surface area contributed by atoms with Crippen LogP contribution in [0, 0.1) is 0 Å². The van der Waals surface area contributed by atoms with Crippen LogP contribution in [-0.4, -0.2) is 17.9 Å². The molecule has 5 heteroatoms. The molecule has 2 rings (SSSR count). The molecule has 0 aliphatic carbocycles. The molecule has 1 aromatic rings. The Morgan fingerprint density at radius 1 is 1.58 bits per heavy atom. The third-order valence-corrected chi connectivity index (χ3v) is 5.53. The van der Waals surface area contributed by atoms with Gasteiger partial charge in [-0.1, -0.05) is 6.92 Å². The smallest absolute Gasteiger partial charge is 0.230 e. The number of thiophene rings is 1. The Hall–Kier alpha value is -0.810. The van der Waals surface area contributed by atoms with Gasteiger partial charge in [0.05, 0.1) is 12.0 Å². The highest BCUT2D eigenvalue weighted by atomic mass is 79.9. The Balaban J connectivity index is 2.47. The lowest BCUT2D eigenvalue weighted by Gasteiger charge is -2.43. The molecule has 1 fully saturated rings. The van der Waals surface area contributed by atoms with Gasteiger partial charge in [0.2, 0.25) is 5.91 Å². The molecule has 1 unspecified atom stereocenters. The fraction of sp³-hybridized carbons (Fsp3) is 0.500. The molecule has 0 radical (unpaired) electrons. The fourth-order valence-electron chi connectivity index (χ4n) is 2.42. The first-order valence-corrected chi connectivity index (χ1v) is 8.03. The quantitative estimate of drug-likeness (QED) is 0.885. The maximum Gasteiger partial charge on any atom is 0.230 e. The monoisotopic (exact) mass is 342 g/mol. The summed E-state index contributed by atoms with van der Waals surface area (Å²) in [5.74, 6) is 1.10. The van der Waals surface area contributed by atoms with Gasteiger partial charge in [-0.25, -0.2) is 0 Å².